The molecule has 0 aliphatic carbocycles. The van der Waals surface area contributed by atoms with E-state index in [-0.39, 0.29) is 6.54 Å². The zero-order valence-electron chi connectivity index (χ0n) is 12.3. The van der Waals surface area contributed by atoms with Crippen LogP contribution in [-0.2, 0) is 12.7 Å². The smallest absolute Gasteiger partial charge is 0.417 e. The molecule has 0 saturated heterocycles. The second-order valence-corrected chi connectivity index (χ2v) is 5.92. The van der Waals surface area contributed by atoms with E-state index in [9.17, 15) is 18.0 Å². The third kappa shape index (κ3) is 3.51. The second-order valence-electron chi connectivity index (χ2n) is 4.97. The van der Waals surface area contributed by atoms with E-state index in [1.807, 2.05) is 17.5 Å². The molecule has 3 aromatic rings. The third-order valence-electron chi connectivity index (χ3n) is 3.33. The summed E-state index contributed by atoms with van der Waals surface area (Å²) in [5, 5.41) is 4.37. The van der Waals surface area contributed by atoms with E-state index in [2.05, 4.69) is 5.32 Å². The summed E-state index contributed by atoms with van der Waals surface area (Å²) in [5.41, 5.74) is -1.36. The van der Waals surface area contributed by atoms with Gasteiger partial charge in [0.2, 0.25) is 0 Å². The van der Waals surface area contributed by atoms with Crippen molar-refractivity contribution in [1.82, 2.24) is 5.32 Å². The van der Waals surface area contributed by atoms with Crippen LogP contribution in [0.15, 0.2) is 58.3 Å². The minimum absolute atomic E-state index is 0.0103. The Labute approximate surface area is 139 Å². The Morgan fingerprint density at radius 3 is 2.58 bits per heavy atom. The number of hydrogen-bond acceptors (Lipinski definition) is 3. The van der Waals surface area contributed by atoms with Gasteiger partial charge in [-0.1, -0.05) is 18.2 Å². The van der Waals surface area contributed by atoms with Gasteiger partial charge in [-0.25, -0.2) is 0 Å². The highest BCUT2D eigenvalue weighted by Crippen LogP contribution is 2.32. The Hall–Kier alpha value is -2.54. The summed E-state index contributed by atoms with van der Waals surface area (Å²) in [5.74, 6) is 0.332. The summed E-state index contributed by atoms with van der Waals surface area (Å²) in [6.45, 7) is 0.0103. The van der Waals surface area contributed by atoms with Gasteiger partial charge in [-0.3, -0.25) is 4.79 Å². The summed E-state index contributed by atoms with van der Waals surface area (Å²) >= 11 is 1.51. The number of nitrogens with one attached hydrogen (secondary N) is 1. The highest BCUT2D eigenvalue weighted by molar-refractivity contribution is 7.13. The highest BCUT2D eigenvalue weighted by Gasteiger charge is 2.34. The van der Waals surface area contributed by atoms with Gasteiger partial charge in [-0.15, -0.1) is 11.3 Å². The predicted molar refractivity (Wildman–Crippen MR) is 84.6 cm³/mol. The molecular formula is C17H12F3NO2S. The van der Waals surface area contributed by atoms with Gasteiger partial charge in [0.1, 0.15) is 11.5 Å². The van der Waals surface area contributed by atoms with Gasteiger partial charge >= 0.3 is 6.18 Å². The number of halogens is 3. The fourth-order valence-electron chi connectivity index (χ4n) is 2.22. The number of alkyl halides is 3. The van der Waals surface area contributed by atoms with E-state index < -0.39 is 23.2 Å². The van der Waals surface area contributed by atoms with E-state index in [1.165, 1.54) is 23.5 Å². The highest BCUT2D eigenvalue weighted by atomic mass is 32.1. The topological polar surface area (TPSA) is 42.2 Å². The quantitative estimate of drug-likeness (QED) is 0.722. The lowest BCUT2D eigenvalue weighted by atomic mass is 10.1. The summed E-state index contributed by atoms with van der Waals surface area (Å²) in [6.07, 6.45) is -4.58. The lowest BCUT2D eigenvalue weighted by Gasteiger charge is -2.12. The number of hydrogen-bond donors (Lipinski definition) is 1. The summed E-state index contributed by atoms with van der Waals surface area (Å²) < 4.78 is 44.4. The maximum atomic E-state index is 12.9. The minimum atomic E-state index is -4.58. The second kappa shape index (κ2) is 6.52. The molecule has 0 aliphatic rings. The van der Waals surface area contributed by atoms with Crippen LogP contribution in [0, 0.1) is 0 Å². The largest absolute Gasteiger partial charge is 0.458 e. The number of thiophene rings is 1. The molecule has 0 fully saturated rings. The maximum Gasteiger partial charge on any atom is 0.417 e. The molecule has 0 atom stereocenters. The van der Waals surface area contributed by atoms with Crippen LogP contribution in [-0.4, -0.2) is 5.91 Å². The molecule has 0 saturated carbocycles. The zero-order chi connectivity index (χ0) is 17.2. The van der Waals surface area contributed by atoms with Crippen molar-refractivity contribution in [3.63, 3.8) is 0 Å². The van der Waals surface area contributed by atoms with Gasteiger partial charge in [0, 0.05) is 0 Å². The molecule has 24 heavy (non-hydrogen) atoms. The molecular weight excluding hydrogens is 339 g/mol. The molecule has 1 amide bonds. The third-order valence-corrected chi connectivity index (χ3v) is 4.21. The summed E-state index contributed by atoms with van der Waals surface area (Å²) in [4.78, 5) is 13.0. The molecule has 2 aromatic heterocycles. The first kappa shape index (κ1) is 16.3. The van der Waals surface area contributed by atoms with Crippen molar-refractivity contribution in [1.29, 1.82) is 0 Å². The van der Waals surface area contributed by atoms with Crippen molar-refractivity contribution >= 4 is 17.2 Å². The van der Waals surface area contributed by atoms with Crippen molar-refractivity contribution < 1.29 is 22.4 Å². The van der Waals surface area contributed by atoms with E-state index in [0.717, 1.165) is 17.0 Å². The van der Waals surface area contributed by atoms with Crippen molar-refractivity contribution in [3.05, 3.63) is 70.8 Å². The van der Waals surface area contributed by atoms with Crippen molar-refractivity contribution in [2.45, 2.75) is 12.7 Å². The van der Waals surface area contributed by atoms with Gasteiger partial charge in [-0.05, 0) is 35.7 Å². The number of rotatable bonds is 4. The predicted octanol–water partition coefficient (Wildman–Crippen LogP) is 4.96. The Kier molecular flexibility index (Phi) is 4.44. The van der Waals surface area contributed by atoms with Crippen LogP contribution in [0.1, 0.15) is 21.7 Å². The van der Waals surface area contributed by atoms with Crippen molar-refractivity contribution in [2.75, 3.05) is 0 Å². The number of amides is 1. The Bertz CT molecular complexity index is 838. The van der Waals surface area contributed by atoms with Crippen LogP contribution in [0.5, 0.6) is 0 Å². The molecule has 7 heteroatoms. The minimum Gasteiger partial charge on any atom is -0.458 e. The van der Waals surface area contributed by atoms with Gasteiger partial charge in [0.05, 0.1) is 22.5 Å². The first-order chi connectivity index (χ1) is 11.4. The number of furan rings is 1. The first-order valence-corrected chi connectivity index (χ1v) is 7.90. The lowest BCUT2D eigenvalue weighted by molar-refractivity contribution is -0.137. The van der Waals surface area contributed by atoms with Gasteiger partial charge < -0.3 is 9.73 Å². The number of carbonyl (C=O) groups excluding carboxylic acids is 1. The molecule has 0 bridgehead atoms. The summed E-state index contributed by atoms with van der Waals surface area (Å²) in [7, 11) is 0. The standard InChI is InChI=1S/C17H12F3NO2S/c18-17(19,20)13-5-2-1-4-12(13)16(22)21-10-11-7-8-14(23-11)15-6-3-9-24-15/h1-9H,10H2,(H,21,22). The van der Waals surface area contributed by atoms with Gasteiger partial charge in [0.15, 0.2) is 0 Å². The molecule has 0 aliphatic heterocycles. The molecule has 3 nitrogen and oxygen atoms in total. The lowest BCUT2D eigenvalue weighted by Crippen LogP contribution is -2.25. The molecule has 0 spiro atoms. The van der Waals surface area contributed by atoms with Crippen LogP contribution in [0.2, 0.25) is 0 Å². The van der Waals surface area contributed by atoms with Crippen LogP contribution < -0.4 is 5.32 Å². The Balaban J connectivity index is 1.71. The molecule has 1 N–H and O–H groups in total. The molecule has 0 unspecified atom stereocenters. The van der Waals surface area contributed by atoms with Gasteiger partial charge in [-0.2, -0.15) is 13.2 Å². The molecule has 2 heterocycles. The fraction of sp³-hybridized carbons (Fsp3) is 0.118. The number of benzene rings is 1. The van der Waals surface area contributed by atoms with Crippen LogP contribution in [0.25, 0.3) is 10.6 Å². The maximum absolute atomic E-state index is 12.9. The van der Waals surface area contributed by atoms with Crippen molar-refractivity contribution in [3.8, 4) is 10.6 Å². The normalized spacial score (nSPS) is 11.5. The Morgan fingerprint density at radius 2 is 1.88 bits per heavy atom. The molecule has 1 aromatic carbocycles. The number of carbonyl (C=O) groups is 1. The Morgan fingerprint density at radius 1 is 1.08 bits per heavy atom. The molecule has 124 valence electrons. The fourth-order valence-corrected chi connectivity index (χ4v) is 2.90. The SMILES string of the molecule is O=C(NCc1ccc(-c2cccs2)o1)c1ccccc1C(F)(F)F. The van der Waals surface area contributed by atoms with E-state index >= 15 is 0 Å². The van der Waals surface area contributed by atoms with E-state index in [4.69, 9.17) is 4.42 Å². The average Bonchev–Trinajstić information content (AvgIpc) is 3.23. The van der Waals surface area contributed by atoms with Crippen molar-refractivity contribution in [2.24, 2.45) is 0 Å². The average molecular weight is 351 g/mol. The van der Waals surface area contributed by atoms with E-state index in [0.29, 0.717) is 11.5 Å². The zero-order valence-corrected chi connectivity index (χ0v) is 13.1. The molecule has 3 rings (SSSR count). The monoisotopic (exact) mass is 351 g/mol. The first-order valence-electron chi connectivity index (χ1n) is 7.02. The van der Waals surface area contributed by atoms with Crippen LogP contribution in [0.4, 0.5) is 13.2 Å². The van der Waals surface area contributed by atoms with Gasteiger partial charge in [0.25, 0.3) is 5.91 Å². The molecule has 0 radical (unpaired) electrons. The van der Waals surface area contributed by atoms with Crippen LogP contribution in [0.3, 0.4) is 0 Å². The summed E-state index contributed by atoms with van der Waals surface area (Å²) in [6, 6.07) is 11.9. The van der Waals surface area contributed by atoms with Crippen LogP contribution >= 0.6 is 11.3 Å². The van der Waals surface area contributed by atoms with E-state index in [1.54, 1.807) is 12.1 Å².